The van der Waals surface area contributed by atoms with Crippen LogP contribution in [0.25, 0.3) is 11.0 Å². The largest absolute Gasteiger partial charge is 0.310 e. The zero-order valence-corrected chi connectivity index (χ0v) is 17.2. The highest BCUT2D eigenvalue weighted by Gasteiger charge is 2.23. The van der Waals surface area contributed by atoms with Crippen molar-refractivity contribution < 1.29 is 13.2 Å². The molecule has 0 aliphatic rings. The summed E-state index contributed by atoms with van der Waals surface area (Å²) in [6.45, 7) is 2.39. The summed E-state index contributed by atoms with van der Waals surface area (Å²) >= 11 is 5.81. The molecule has 0 unspecified atom stereocenters. The number of rotatable bonds is 7. The van der Waals surface area contributed by atoms with Gasteiger partial charge in [0.2, 0.25) is 21.9 Å². The lowest BCUT2D eigenvalue weighted by Gasteiger charge is -2.17. The molecule has 0 atom stereocenters. The fraction of sp³-hybridized carbons (Fsp3) is 0.263. The summed E-state index contributed by atoms with van der Waals surface area (Å²) < 4.78 is 28.2. The second-order valence-electron chi connectivity index (χ2n) is 6.34. The van der Waals surface area contributed by atoms with Crippen molar-refractivity contribution in [2.75, 3.05) is 18.9 Å². The predicted molar refractivity (Wildman–Crippen MR) is 110 cm³/mol. The number of hydrogen-bond donors (Lipinski definition) is 1. The smallest absolute Gasteiger partial charge is 0.243 e. The van der Waals surface area contributed by atoms with Crippen molar-refractivity contribution in [1.82, 2.24) is 13.9 Å². The van der Waals surface area contributed by atoms with Gasteiger partial charge < -0.3 is 4.57 Å². The van der Waals surface area contributed by atoms with Crippen LogP contribution < -0.4 is 5.32 Å². The highest BCUT2D eigenvalue weighted by atomic mass is 35.5. The number of nitrogens with zero attached hydrogens (tertiary/aromatic N) is 3. The van der Waals surface area contributed by atoms with E-state index in [0.29, 0.717) is 17.5 Å². The van der Waals surface area contributed by atoms with Crippen LogP contribution in [-0.2, 0) is 21.4 Å². The van der Waals surface area contributed by atoms with Crippen LogP contribution >= 0.6 is 11.6 Å². The molecule has 1 aromatic heterocycles. The number of benzene rings is 2. The number of halogens is 1. The van der Waals surface area contributed by atoms with Gasteiger partial charge >= 0.3 is 0 Å². The van der Waals surface area contributed by atoms with E-state index in [-0.39, 0.29) is 11.4 Å². The van der Waals surface area contributed by atoms with E-state index in [2.05, 4.69) is 10.3 Å². The molecule has 28 heavy (non-hydrogen) atoms. The number of carbonyl (C=O) groups is 1. The molecule has 3 aromatic rings. The van der Waals surface area contributed by atoms with Crippen molar-refractivity contribution in [3.63, 3.8) is 0 Å². The fourth-order valence-corrected chi connectivity index (χ4v) is 4.11. The van der Waals surface area contributed by atoms with Crippen LogP contribution in [0, 0.1) is 0 Å². The lowest BCUT2D eigenvalue weighted by Crippen LogP contribution is -2.35. The summed E-state index contributed by atoms with van der Waals surface area (Å²) in [5.41, 5.74) is 1.69. The van der Waals surface area contributed by atoms with Gasteiger partial charge in [-0.05, 0) is 42.8 Å². The Kier molecular flexibility index (Phi) is 6.02. The SMILES string of the molecule is CCCn1c(NC(=O)CN(C)S(=O)(=O)c2ccc(Cl)cc2)nc2ccccc21. The number of imidazole rings is 1. The van der Waals surface area contributed by atoms with Gasteiger partial charge in [-0.15, -0.1) is 0 Å². The van der Waals surface area contributed by atoms with Crippen molar-refractivity contribution in [2.45, 2.75) is 24.8 Å². The minimum Gasteiger partial charge on any atom is -0.310 e. The summed E-state index contributed by atoms with van der Waals surface area (Å²) in [6, 6.07) is 13.4. The normalized spacial score (nSPS) is 11.9. The lowest BCUT2D eigenvalue weighted by atomic mass is 10.3. The second kappa shape index (κ2) is 8.30. The van der Waals surface area contributed by atoms with Gasteiger partial charge in [-0.25, -0.2) is 13.4 Å². The average molecular weight is 421 g/mol. The minimum atomic E-state index is -3.80. The molecule has 0 fully saturated rings. The fourth-order valence-electron chi connectivity index (χ4n) is 2.86. The molecule has 0 aliphatic carbocycles. The molecule has 9 heteroatoms. The molecular weight excluding hydrogens is 400 g/mol. The van der Waals surface area contributed by atoms with Gasteiger partial charge in [0, 0.05) is 18.6 Å². The number of nitrogens with one attached hydrogen (secondary N) is 1. The van der Waals surface area contributed by atoms with Crippen molar-refractivity contribution in [1.29, 1.82) is 0 Å². The minimum absolute atomic E-state index is 0.0745. The number of para-hydroxylation sites is 2. The van der Waals surface area contributed by atoms with Gasteiger partial charge in [0.05, 0.1) is 22.5 Å². The predicted octanol–water partition coefficient (Wildman–Crippen LogP) is 3.36. The molecule has 1 N–H and O–H groups in total. The first-order chi connectivity index (χ1) is 13.3. The number of aromatic nitrogens is 2. The molecule has 0 bridgehead atoms. The number of aryl methyl sites for hydroxylation is 1. The third-order valence-electron chi connectivity index (χ3n) is 4.24. The number of anilines is 1. The summed E-state index contributed by atoms with van der Waals surface area (Å²) in [7, 11) is -2.44. The lowest BCUT2D eigenvalue weighted by molar-refractivity contribution is -0.116. The molecule has 2 aromatic carbocycles. The Bertz CT molecular complexity index is 1090. The summed E-state index contributed by atoms with van der Waals surface area (Å²) in [5, 5.41) is 3.17. The topological polar surface area (TPSA) is 84.3 Å². The van der Waals surface area contributed by atoms with Crippen LogP contribution in [0.3, 0.4) is 0 Å². The third kappa shape index (κ3) is 4.19. The summed E-state index contributed by atoms with van der Waals surface area (Å²) in [6.07, 6.45) is 0.869. The summed E-state index contributed by atoms with van der Waals surface area (Å²) in [4.78, 5) is 17.0. The van der Waals surface area contributed by atoms with E-state index in [0.717, 1.165) is 21.8 Å². The highest BCUT2D eigenvalue weighted by Crippen LogP contribution is 2.21. The van der Waals surface area contributed by atoms with Crippen molar-refractivity contribution in [2.24, 2.45) is 0 Å². The van der Waals surface area contributed by atoms with Gasteiger partial charge in [-0.1, -0.05) is 30.7 Å². The van der Waals surface area contributed by atoms with E-state index in [4.69, 9.17) is 11.6 Å². The van der Waals surface area contributed by atoms with E-state index in [1.165, 1.54) is 31.3 Å². The number of fused-ring (bicyclic) bond motifs is 1. The van der Waals surface area contributed by atoms with Gasteiger partial charge in [-0.3, -0.25) is 10.1 Å². The van der Waals surface area contributed by atoms with E-state index in [1.807, 2.05) is 35.8 Å². The van der Waals surface area contributed by atoms with Gasteiger partial charge in [0.1, 0.15) is 0 Å². The molecule has 7 nitrogen and oxygen atoms in total. The molecule has 1 amide bonds. The molecule has 3 rings (SSSR count). The number of amides is 1. The van der Waals surface area contributed by atoms with Gasteiger partial charge in [-0.2, -0.15) is 4.31 Å². The van der Waals surface area contributed by atoms with Crippen molar-refractivity contribution >= 4 is 44.5 Å². The first-order valence-corrected chi connectivity index (χ1v) is 10.6. The Morgan fingerprint density at radius 2 is 1.86 bits per heavy atom. The zero-order chi connectivity index (χ0) is 20.3. The van der Waals surface area contributed by atoms with E-state index in [1.54, 1.807) is 0 Å². The Hall–Kier alpha value is -2.42. The summed E-state index contributed by atoms with van der Waals surface area (Å²) in [5.74, 6) is -0.0574. The second-order valence-corrected chi connectivity index (χ2v) is 8.82. The van der Waals surface area contributed by atoms with E-state index < -0.39 is 15.9 Å². The van der Waals surface area contributed by atoms with Crippen LogP contribution in [0.2, 0.25) is 5.02 Å². The Morgan fingerprint density at radius 3 is 2.54 bits per heavy atom. The highest BCUT2D eigenvalue weighted by molar-refractivity contribution is 7.89. The number of sulfonamides is 1. The number of carbonyl (C=O) groups excluding carboxylic acids is 1. The van der Waals surface area contributed by atoms with Crippen LogP contribution in [0.4, 0.5) is 5.95 Å². The van der Waals surface area contributed by atoms with Crippen LogP contribution in [0.15, 0.2) is 53.4 Å². The van der Waals surface area contributed by atoms with Crippen molar-refractivity contribution in [3.05, 3.63) is 53.6 Å². The molecular formula is C19H21ClN4O3S. The van der Waals surface area contributed by atoms with E-state index in [9.17, 15) is 13.2 Å². The first-order valence-electron chi connectivity index (χ1n) is 8.80. The van der Waals surface area contributed by atoms with Crippen LogP contribution in [0.5, 0.6) is 0 Å². The molecule has 148 valence electrons. The Morgan fingerprint density at radius 1 is 1.18 bits per heavy atom. The Balaban J connectivity index is 1.77. The van der Waals surface area contributed by atoms with Gasteiger partial charge in [0.25, 0.3) is 0 Å². The molecule has 0 saturated heterocycles. The quantitative estimate of drug-likeness (QED) is 0.635. The maximum atomic E-state index is 12.6. The maximum Gasteiger partial charge on any atom is 0.243 e. The molecule has 1 heterocycles. The zero-order valence-electron chi connectivity index (χ0n) is 15.6. The Labute approximate surface area is 169 Å². The van der Waals surface area contributed by atoms with Gasteiger partial charge in [0.15, 0.2) is 0 Å². The molecule has 0 radical (unpaired) electrons. The molecule has 0 aliphatic heterocycles. The van der Waals surface area contributed by atoms with E-state index >= 15 is 0 Å². The van der Waals surface area contributed by atoms with Crippen LogP contribution in [-0.4, -0.2) is 41.8 Å². The average Bonchev–Trinajstić information content (AvgIpc) is 2.99. The maximum absolute atomic E-state index is 12.6. The molecule has 0 spiro atoms. The first kappa shape index (κ1) is 20.3. The number of hydrogen-bond acceptors (Lipinski definition) is 4. The third-order valence-corrected chi connectivity index (χ3v) is 6.31. The standard InChI is InChI=1S/C19H21ClN4O3S/c1-3-12-24-17-7-5-4-6-16(17)21-19(24)22-18(25)13-23(2)28(26,27)15-10-8-14(20)9-11-15/h4-11H,3,12-13H2,1-2H3,(H,21,22,25). The monoisotopic (exact) mass is 420 g/mol. The van der Waals surface area contributed by atoms with Crippen molar-refractivity contribution in [3.8, 4) is 0 Å². The number of likely N-dealkylation sites (N-methyl/N-ethyl adjacent to an activating group) is 1. The molecule has 0 saturated carbocycles. The van der Waals surface area contributed by atoms with Crippen LogP contribution in [0.1, 0.15) is 13.3 Å².